The van der Waals surface area contributed by atoms with E-state index in [2.05, 4.69) is 15.6 Å². The van der Waals surface area contributed by atoms with Crippen molar-refractivity contribution in [1.82, 2.24) is 10.3 Å². The molecule has 0 atom stereocenters. The largest absolute Gasteiger partial charge is 0.394 e. The van der Waals surface area contributed by atoms with Gasteiger partial charge in [-0.2, -0.15) is 0 Å². The second kappa shape index (κ2) is 5.04. The van der Waals surface area contributed by atoms with Crippen molar-refractivity contribution in [1.29, 1.82) is 0 Å². The van der Waals surface area contributed by atoms with Crippen molar-refractivity contribution in [3.63, 3.8) is 0 Å². The molecule has 1 aromatic rings. The minimum Gasteiger partial charge on any atom is -0.394 e. The Hall–Kier alpha value is -1.98. The monoisotopic (exact) mass is 209 g/mol. The number of hydrogen-bond donors (Lipinski definition) is 4. The van der Waals surface area contributed by atoms with Crippen LogP contribution in [0, 0.1) is 0 Å². The Labute approximate surface area is 88.1 Å². The van der Waals surface area contributed by atoms with Crippen LogP contribution in [-0.2, 0) is 4.79 Å². The van der Waals surface area contributed by atoms with Gasteiger partial charge in [-0.1, -0.05) is 0 Å². The van der Waals surface area contributed by atoms with Crippen molar-refractivity contribution in [3.05, 3.63) is 12.3 Å². The maximum absolute atomic E-state index is 10.6. The number of nitrogens with zero attached hydrogens (tertiary/aromatic N) is 1. The third-order valence-corrected chi connectivity index (χ3v) is 1.84. The van der Waals surface area contributed by atoms with Crippen molar-refractivity contribution < 1.29 is 4.79 Å². The number of pyridine rings is 1. The van der Waals surface area contributed by atoms with E-state index in [1.165, 1.54) is 6.92 Å². The van der Waals surface area contributed by atoms with Crippen LogP contribution in [0.3, 0.4) is 0 Å². The smallest absolute Gasteiger partial charge is 0.216 e. The number of nitrogens with one attached hydrogen (secondary N) is 2. The number of carbonyl (C=O) groups is 1. The number of amides is 1. The van der Waals surface area contributed by atoms with Crippen LogP contribution in [0.5, 0.6) is 0 Å². The van der Waals surface area contributed by atoms with E-state index >= 15 is 0 Å². The Morgan fingerprint density at radius 1 is 1.47 bits per heavy atom. The molecule has 1 rings (SSSR count). The summed E-state index contributed by atoms with van der Waals surface area (Å²) in [7, 11) is 0. The fourth-order valence-electron chi connectivity index (χ4n) is 1.08. The van der Waals surface area contributed by atoms with Gasteiger partial charge in [0.15, 0.2) is 0 Å². The molecule has 1 amide bonds. The molecule has 0 aromatic carbocycles. The highest BCUT2D eigenvalue weighted by Crippen LogP contribution is 2.21. The molecule has 6 N–H and O–H groups in total. The van der Waals surface area contributed by atoms with Gasteiger partial charge in [-0.25, -0.2) is 4.98 Å². The first-order valence-electron chi connectivity index (χ1n) is 4.59. The molecule has 0 bridgehead atoms. The quantitative estimate of drug-likeness (QED) is 0.513. The Kier molecular flexibility index (Phi) is 3.73. The molecular weight excluding hydrogens is 194 g/mol. The highest BCUT2D eigenvalue weighted by Gasteiger charge is 2.01. The molecule has 6 heteroatoms. The molecule has 0 unspecified atom stereocenters. The first kappa shape index (κ1) is 11.1. The van der Waals surface area contributed by atoms with E-state index in [4.69, 9.17) is 11.5 Å². The van der Waals surface area contributed by atoms with Gasteiger partial charge in [0, 0.05) is 26.2 Å². The van der Waals surface area contributed by atoms with Gasteiger partial charge in [0.1, 0.15) is 5.82 Å². The van der Waals surface area contributed by atoms with Gasteiger partial charge in [0.2, 0.25) is 5.91 Å². The van der Waals surface area contributed by atoms with Crippen LogP contribution < -0.4 is 22.1 Å². The number of nitrogen functional groups attached to an aromatic ring is 2. The molecule has 82 valence electrons. The predicted molar refractivity (Wildman–Crippen MR) is 60.2 cm³/mol. The molecule has 0 saturated carbocycles. The lowest BCUT2D eigenvalue weighted by Crippen LogP contribution is -2.26. The van der Waals surface area contributed by atoms with Crippen LogP contribution in [0.25, 0.3) is 0 Å². The minimum atomic E-state index is -0.0565. The summed E-state index contributed by atoms with van der Waals surface area (Å²) in [6, 6.07) is 1.74. The molecule has 6 nitrogen and oxygen atoms in total. The first-order chi connectivity index (χ1) is 7.11. The summed E-state index contributed by atoms with van der Waals surface area (Å²) in [6.07, 6.45) is 1.58. The Bertz CT molecular complexity index is 352. The Balaban J connectivity index is 2.44. The van der Waals surface area contributed by atoms with Gasteiger partial charge in [-0.3, -0.25) is 4.79 Å². The molecule has 0 aliphatic carbocycles. The average molecular weight is 209 g/mol. The van der Waals surface area contributed by atoms with E-state index in [0.29, 0.717) is 24.6 Å². The SMILES string of the molecule is CC(=O)NCCNc1ccnc(N)c1N. The lowest BCUT2D eigenvalue weighted by Gasteiger charge is -2.10. The van der Waals surface area contributed by atoms with Crippen LogP contribution in [0.4, 0.5) is 17.2 Å². The second-order valence-electron chi connectivity index (χ2n) is 3.07. The summed E-state index contributed by atoms with van der Waals surface area (Å²) in [6.45, 7) is 2.60. The van der Waals surface area contributed by atoms with Crippen molar-refractivity contribution in [3.8, 4) is 0 Å². The summed E-state index contributed by atoms with van der Waals surface area (Å²) < 4.78 is 0. The molecule has 0 fully saturated rings. The van der Waals surface area contributed by atoms with Gasteiger partial charge in [0.25, 0.3) is 0 Å². The molecule has 0 aliphatic rings. The number of rotatable bonds is 4. The highest BCUT2D eigenvalue weighted by atomic mass is 16.1. The molecule has 1 heterocycles. The highest BCUT2D eigenvalue weighted by molar-refractivity contribution is 5.75. The van der Waals surface area contributed by atoms with E-state index in [1.807, 2.05) is 0 Å². The van der Waals surface area contributed by atoms with Crippen LogP contribution in [0.1, 0.15) is 6.92 Å². The van der Waals surface area contributed by atoms with Crippen LogP contribution in [0.15, 0.2) is 12.3 Å². The zero-order valence-electron chi connectivity index (χ0n) is 8.58. The lowest BCUT2D eigenvalue weighted by atomic mass is 10.3. The van der Waals surface area contributed by atoms with E-state index in [-0.39, 0.29) is 5.91 Å². The van der Waals surface area contributed by atoms with E-state index < -0.39 is 0 Å². The zero-order valence-corrected chi connectivity index (χ0v) is 8.58. The Morgan fingerprint density at radius 3 is 2.87 bits per heavy atom. The molecule has 1 aromatic heterocycles. The molecule has 0 aliphatic heterocycles. The number of aromatic nitrogens is 1. The van der Waals surface area contributed by atoms with Gasteiger partial charge < -0.3 is 22.1 Å². The normalized spacial score (nSPS) is 9.67. The molecule has 0 saturated heterocycles. The number of anilines is 3. The predicted octanol–water partition coefficient (Wildman–Crippen LogP) is -0.206. The van der Waals surface area contributed by atoms with Crippen molar-refractivity contribution >= 4 is 23.1 Å². The topological polar surface area (TPSA) is 106 Å². The summed E-state index contributed by atoms with van der Waals surface area (Å²) in [4.78, 5) is 14.4. The summed E-state index contributed by atoms with van der Waals surface area (Å²) in [5.41, 5.74) is 12.4. The van der Waals surface area contributed by atoms with Gasteiger partial charge in [-0.15, -0.1) is 0 Å². The van der Waals surface area contributed by atoms with Gasteiger partial charge in [-0.05, 0) is 6.07 Å². The Morgan fingerprint density at radius 2 is 2.20 bits per heavy atom. The summed E-state index contributed by atoms with van der Waals surface area (Å²) in [5, 5.41) is 5.71. The maximum Gasteiger partial charge on any atom is 0.216 e. The maximum atomic E-state index is 10.6. The third-order valence-electron chi connectivity index (χ3n) is 1.84. The fraction of sp³-hybridized carbons (Fsp3) is 0.333. The van der Waals surface area contributed by atoms with E-state index in [9.17, 15) is 4.79 Å². The van der Waals surface area contributed by atoms with Crippen LogP contribution in [0.2, 0.25) is 0 Å². The van der Waals surface area contributed by atoms with Crippen molar-refractivity contribution in [2.75, 3.05) is 29.9 Å². The summed E-state index contributed by atoms with van der Waals surface area (Å²) in [5.74, 6) is 0.249. The molecular formula is C9H15N5O. The number of hydrogen-bond acceptors (Lipinski definition) is 5. The van der Waals surface area contributed by atoms with Crippen molar-refractivity contribution in [2.45, 2.75) is 6.92 Å². The third kappa shape index (κ3) is 3.34. The van der Waals surface area contributed by atoms with Gasteiger partial charge >= 0.3 is 0 Å². The number of carbonyl (C=O) groups excluding carboxylic acids is 1. The van der Waals surface area contributed by atoms with Crippen LogP contribution >= 0.6 is 0 Å². The van der Waals surface area contributed by atoms with Crippen molar-refractivity contribution in [2.24, 2.45) is 0 Å². The van der Waals surface area contributed by atoms with E-state index in [1.54, 1.807) is 12.3 Å². The minimum absolute atomic E-state index is 0.0565. The number of nitrogens with two attached hydrogens (primary N) is 2. The first-order valence-corrected chi connectivity index (χ1v) is 4.59. The van der Waals surface area contributed by atoms with E-state index in [0.717, 1.165) is 5.69 Å². The molecule has 0 radical (unpaired) electrons. The average Bonchev–Trinajstić information content (AvgIpc) is 2.18. The van der Waals surface area contributed by atoms with Crippen LogP contribution in [-0.4, -0.2) is 24.0 Å². The molecule has 0 spiro atoms. The summed E-state index contributed by atoms with van der Waals surface area (Å²) >= 11 is 0. The fourth-order valence-corrected chi connectivity index (χ4v) is 1.08. The second-order valence-corrected chi connectivity index (χ2v) is 3.07. The molecule has 15 heavy (non-hydrogen) atoms. The lowest BCUT2D eigenvalue weighted by molar-refractivity contribution is -0.118. The standard InChI is InChI=1S/C9H15N5O/c1-6(15)12-4-5-13-7-2-3-14-9(11)8(7)10/h2-3H,4-5,10H2,1H3,(H,12,15)(H3,11,13,14). The zero-order chi connectivity index (χ0) is 11.3. The van der Waals surface area contributed by atoms with Gasteiger partial charge in [0.05, 0.1) is 11.4 Å².